The van der Waals surface area contributed by atoms with Gasteiger partial charge in [-0.1, -0.05) is 27.3 Å². The van der Waals surface area contributed by atoms with E-state index >= 15 is 0 Å². The van der Waals surface area contributed by atoms with E-state index in [0.29, 0.717) is 36.9 Å². The normalized spacial score (nSPS) is 14.0. The second-order valence-corrected chi connectivity index (χ2v) is 10.0. The molecule has 3 heterocycles. The third kappa shape index (κ3) is 4.34. The topological polar surface area (TPSA) is 110 Å². The van der Waals surface area contributed by atoms with E-state index in [4.69, 9.17) is 0 Å². The maximum Gasteiger partial charge on any atom is 0.290 e. The number of rotatable bonds is 3. The van der Waals surface area contributed by atoms with Gasteiger partial charge in [0.2, 0.25) is 0 Å². The van der Waals surface area contributed by atoms with Crippen LogP contribution in [0.2, 0.25) is 0 Å². The number of pyridine rings is 1. The number of piperazine rings is 1. The number of nitro benzene ring substituents is 1. The fraction of sp³-hybridized carbons (Fsp3) is 0.217. The fourth-order valence-corrected chi connectivity index (χ4v) is 5.63. The van der Waals surface area contributed by atoms with Crippen LogP contribution in [0.25, 0.3) is 21.0 Å². The van der Waals surface area contributed by atoms with Crippen molar-refractivity contribution in [1.29, 1.82) is 0 Å². The van der Waals surface area contributed by atoms with Gasteiger partial charge in [0.05, 0.1) is 27.5 Å². The third-order valence-corrected chi connectivity index (χ3v) is 7.48. The Morgan fingerprint density at radius 1 is 1.11 bits per heavy atom. The number of non-ortho nitro benzene ring substituents is 1. The first kappa shape index (κ1) is 23.2. The van der Waals surface area contributed by atoms with Crippen LogP contribution in [0, 0.1) is 22.9 Å². The monoisotopic (exact) mass is 557 g/mol. The quantitative estimate of drug-likeness (QED) is 0.273. The van der Waals surface area contributed by atoms with E-state index in [0.717, 1.165) is 44.5 Å². The van der Waals surface area contributed by atoms with Crippen LogP contribution in [0.3, 0.4) is 0 Å². The van der Waals surface area contributed by atoms with Crippen molar-refractivity contribution >= 4 is 65.0 Å². The molecule has 0 aliphatic carbocycles. The molecule has 5 rings (SSSR count). The van der Waals surface area contributed by atoms with Crippen LogP contribution in [0.5, 0.6) is 0 Å². The summed E-state index contributed by atoms with van der Waals surface area (Å²) in [5, 5.41) is 12.4. The lowest BCUT2D eigenvalue weighted by Crippen LogP contribution is -2.49. The summed E-state index contributed by atoms with van der Waals surface area (Å²) in [6.45, 7) is 3.37. The Labute approximate surface area is 210 Å². The van der Waals surface area contributed by atoms with Crippen molar-refractivity contribution in [2.24, 2.45) is 0 Å². The van der Waals surface area contributed by atoms with Crippen molar-refractivity contribution in [2.45, 2.75) is 6.92 Å². The summed E-state index contributed by atoms with van der Waals surface area (Å²) in [5.74, 6) is -0.981. The van der Waals surface area contributed by atoms with Crippen LogP contribution in [0.4, 0.5) is 15.2 Å². The summed E-state index contributed by atoms with van der Waals surface area (Å²) >= 11 is 4.42. The highest BCUT2D eigenvalue weighted by atomic mass is 79.9. The molecule has 0 N–H and O–H groups in total. The maximum atomic E-state index is 13.8. The standard InChI is InChI=1S/C23H17BrFN5O4S/c1-12-8-16(15-9-13(24)2-3-18(15)26-12)22(32)28-4-6-29(7-5-28)23-27-21(31)17-10-14(25)11-19(30(33)34)20(17)35-23/h2-3,8-11H,4-7H2,1H3. The van der Waals surface area contributed by atoms with Gasteiger partial charge in [-0.05, 0) is 37.3 Å². The first-order chi connectivity index (χ1) is 16.7. The highest BCUT2D eigenvalue weighted by Crippen LogP contribution is 2.33. The highest BCUT2D eigenvalue weighted by molar-refractivity contribution is 9.10. The number of aryl methyl sites for hydroxylation is 1. The van der Waals surface area contributed by atoms with Gasteiger partial charge in [-0.15, -0.1) is 0 Å². The Morgan fingerprint density at radius 2 is 1.86 bits per heavy atom. The number of anilines is 1. The molecular weight excluding hydrogens is 541 g/mol. The lowest BCUT2D eigenvalue weighted by atomic mass is 10.1. The number of hydrogen-bond donors (Lipinski definition) is 0. The zero-order valence-electron chi connectivity index (χ0n) is 18.3. The minimum absolute atomic E-state index is 0.0780. The molecule has 2 aromatic heterocycles. The number of benzene rings is 2. The summed E-state index contributed by atoms with van der Waals surface area (Å²) in [6.07, 6.45) is 0. The summed E-state index contributed by atoms with van der Waals surface area (Å²) in [7, 11) is 0. The molecule has 35 heavy (non-hydrogen) atoms. The SMILES string of the molecule is Cc1cc(C(=O)N2CCN(c3nc(=O)c4cc(F)cc([N+](=O)[O-])c4s3)CC2)c2cc(Br)ccc2n1. The second kappa shape index (κ2) is 8.93. The minimum atomic E-state index is -0.860. The lowest BCUT2D eigenvalue weighted by Gasteiger charge is -2.35. The fourth-order valence-electron chi connectivity index (χ4n) is 4.16. The number of hydrogen-bond acceptors (Lipinski definition) is 8. The van der Waals surface area contributed by atoms with Gasteiger partial charge >= 0.3 is 0 Å². The summed E-state index contributed by atoms with van der Waals surface area (Å²) in [4.78, 5) is 48.7. The van der Waals surface area contributed by atoms with Gasteiger partial charge in [-0.2, -0.15) is 4.98 Å². The molecule has 0 atom stereocenters. The Bertz CT molecular complexity index is 1590. The number of carbonyl (C=O) groups is 1. The van der Waals surface area contributed by atoms with Crippen molar-refractivity contribution in [2.75, 3.05) is 31.1 Å². The van der Waals surface area contributed by atoms with Crippen LogP contribution >= 0.6 is 27.3 Å². The van der Waals surface area contributed by atoms with Gasteiger partial charge in [-0.3, -0.25) is 24.7 Å². The molecule has 1 fully saturated rings. The summed E-state index contributed by atoms with van der Waals surface area (Å²) in [5.41, 5.74) is 0.849. The van der Waals surface area contributed by atoms with E-state index in [9.17, 15) is 24.1 Å². The molecule has 1 aliphatic rings. The number of nitro groups is 1. The van der Waals surface area contributed by atoms with E-state index in [2.05, 4.69) is 25.9 Å². The van der Waals surface area contributed by atoms with Crippen molar-refractivity contribution in [1.82, 2.24) is 14.9 Å². The molecule has 1 amide bonds. The summed E-state index contributed by atoms with van der Waals surface area (Å²) in [6, 6.07) is 9.16. The van der Waals surface area contributed by atoms with Crippen LogP contribution < -0.4 is 10.5 Å². The Hall–Kier alpha value is -3.51. The molecule has 1 aliphatic heterocycles. The van der Waals surface area contributed by atoms with E-state index < -0.39 is 22.0 Å². The number of carbonyl (C=O) groups excluding carboxylic acids is 1. The number of fused-ring (bicyclic) bond motifs is 2. The molecule has 1 saturated heterocycles. The molecule has 0 spiro atoms. The maximum absolute atomic E-state index is 13.8. The first-order valence-corrected chi connectivity index (χ1v) is 12.2. The molecule has 178 valence electrons. The minimum Gasteiger partial charge on any atom is -0.344 e. The number of nitrogens with zero attached hydrogens (tertiary/aromatic N) is 5. The zero-order chi connectivity index (χ0) is 24.9. The van der Waals surface area contributed by atoms with Crippen LogP contribution in [0.15, 0.2) is 45.7 Å². The number of halogens is 2. The van der Waals surface area contributed by atoms with Crippen molar-refractivity contribution < 1.29 is 14.1 Å². The lowest BCUT2D eigenvalue weighted by molar-refractivity contribution is -0.383. The average molecular weight is 558 g/mol. The molecule has 0 unspecified atom stereocenters. The van der Waals surface area contributed by atoms with Crippen LogP contribution in [-0.4, -0.2) is 51.9 Å². The van der Waals surface area contributed by atoms with E-state index in [1.807, 2.05) is 30.0 Å². The Balaban J connectivity index is 1.42. The molecule has 0 saturated carbocycles. The molecule has 9 nitrogen and oxygen atoms in total. The van der Waals surface area contributed by atoms with E-state index in [1.54, 1.807) is 11.0 Å². The first-order valence-electron chi connectivity index (χ1n) is 10.6. The van der Waals surface area contributed by atoms with Crippen LogP contribution in [0.1, 0.15) is 16.1 Å². The zero-order valence-corrected chi connectivity index (χ0v) is 20.7. The largest absolute Gasteiger partial charge is 0.344 e. The molecule has 4 aromatic rings. The van der Waals surface area contributed by atoms with E-state index in [1.165, 1.54) is 0 Å². The second-order valence-electron chi connectivity index (χ2n) is 8.11. The number of aromatic nitrogens is 2. The predicted octanol–water partition coefficient (Wildman–Crippen LogP) is 4.29. The van der Waals surface area contributed by atoms with Crippen molar-refractivity contribution in [3.05, 3.63) is 78.4 Å². The highest BCUT2D eigenvalue weighted by Gasteiger charge is 2.27. The predicted molar refractivity (Wildman–Crippen MR) is 135 cm³/mol. The van der Waals surface area contributed by atoms with Gasteiger partial charge in [0, 0.05) is 41.7 Å². The smallest absolute Gasteiger partial charge is 0.290 e. The van der Waals surface area contributed by atoms with Gasteiger partial charge in [0.25, 0.3) is 17.2 Å². The van der Waals surface area contributed by atoms with E-state index in [-0.39, 0.29) is 16.0 Å². The molecule has 12 heteroatoms. The third-order valence-electron chi connectivity index (χ3n) is 5.82. The average Bonchev–Trinajstić information content (AvgIpc) is 2.83. The van der Waals surface area contributed by atoms with Gasteiger partial charge in [0.1, 0.15) is 10.5 Å². The van der Waals surface area contributed by atoms with Crippen molar-refractivity contribution in [3.63, 3.8) is 0 Å². The Kier molecular flexibility index (Phi) is 5.93. The van der Waals surface area contributed by atoms with Crippen LogP contribution in [-0.2, 0) is 0 Å². The molecule has 0 bridgehead atoms. The number of amides is 1. The van der Waals surface area contributed by atoms with Gasteiger partial charge in [0.15, 0.2) is 5.13 Å². The molecule has 0 radical (unpaired) electrons. The van der Waals surface area contributed by atoms with Gasteiger partial charge < -0.3 is 9.80 Å². The molecule has 2 aromatic carbocycles. The Morgan fingerprint density at radius 3 is 2.57 bits per heavy atom. The summed E-state index contributed by atoms with van der Waals surface area (Å²) < 4.78 is 14.7. The van der Waals surface area contributed by atoms with Gasteiger partial charge in [-0.25, -0.2) is 4.39 Å². The molecular formula is C23H17BrFN5O4S. The van der Waals surface area contributed by atoms with Crippen molar-refractivity contribution in [3.8, 4) is 0 Å².